The molecule has 2 rings (SSSR count). The van der Waals surface area contributed by atoms with E-state index in [-0.39, 0.29) is 0 Å². The van der Waals surface area contributed by atoms with Gasteiger partial charge in [-0.1, -0.05) is 69.5 Å². The Morgan fingerprint density at radius 3 is 1.83 bits per heavy atom. The van der Waals surface area contributed by atoms with Gasteiger partial charge in [0.05, 0.1) is 0 Å². The van der Waals surface area contributed by atoms with E-state index in [1.54, 1.807) is 0 Å². The molecule has 96 valence electrons. The van der Waals surface area contributed by atoms with E-state index in [9.17, 15) is 0 Å². The molecule has 0 nitrogen and oxygen atoms in total. The van der Waals surface area contributed by atoms with Crippen LogP contribution in [0.1, 0.15) is 50.7 Å². The molecule has 0 aliphatic carbocycles. The van der Waals surface area contributed by atoms with Crippen molar-refractivity contribution in [2.24, 2.45) is 0 Å². The van der Waals surface area contributed by atoms with Crippen molar-refractivity contribution in [1.29, 1.82) is 0 Å². The fraction of sp³-hybridized carbons (Fsp3) is 0.444. The van der Waals surface area contributed by atoms with Gasteiger partial charge in [0.2, 0.25) is 0 Å². The van der Waals surface area contributed by atoms with Crippen molar-refractivity contribution in [2.45, 2.75) is 52.4 Å². The molecule has 2 aromatic rings. The van der Waals surface area contributed by atoms with Crippen molar-refractivity contribution >= 4 is 10.8 Å². The normalized spacial score (nSPS) is 11.0. The number of fused-ring (bicyclic) bond motifs is 1. The minimum atomic E-state index is 1.19. The van der Waals surface area contributed by atoms with E-state index in [0.29, 0.717) is 0 Å². The topological polar surface area (TPSA) is 0 Å². The second-order valence-electron chi connectivity index (χ2n) is 5.22. The maximum atomic E-state index is 2.36. The van der Waals surface area contributed by atoms with E-state index < -0.39 is 0 Å². The van der Waals surface area contributed by atoms with Crippen LogP contribution in [0.15, 0.2) is 36.4 Å². The highest BCUT2D eigenvalue weighted by molar-refractivity contribution is 5.83. The van der Waals surface area contributed by atoms with Crippen LogP contribution in [-0.2, 0) is 12.8 Å². The molecule has 0 saturated heterocycles. The third-order valence-electron chi connectivity index (χ3n) is 3.58. The zero-order chi connectivity index (χ0) is 12.8. The second kappa shape index (κ2) is 6.58. The maximum Gasteiger partial charge on any atom is -0.0181 e. The fourth-order valence-electron chi connectivity index (χ4n) is 2.52. The van der Waals surface area contributed by atoms with Gasteiger partial charge >= 0.3 is 0 Å². The van der Waals surface area contributed by atoms with E-state index in [0.717, 1.165) is 0 Å². The quantitative estimate of drug-likeness (QED) is 0.583. The molecule has 0 N–H and O–H groups in total. The Morgan fingerprint density at radius 2 is 1.28 bits per heavy atom. The zero-order valence-electron chi connectivity index (χ0n) is 11.7. The van der Waals surface area contributed by atoms with Crippen molar-refractivity contribution in [3.8, 4) is 0 Å². The van der Waals surface area contributed by atoms with Crippen LogP contribution in [0.25, 0.3) is 10.8 Å². The molecule has 0 unspecified atom stereocenters. The second-order valence-corrected chi connectivity index (χ2v) is 5.22. The smallest absolute Gasteiger partial charge is 0.0181 e. The summed E-state index contributed by atoms with van der Waals surface area (Å²) >= 11 is 0. The first-order valence-electron chi connectivity index (χ1n) is 7.35. The molecule has 0 aliphatic heterocycles. The lowest BCUT2D eigenvalue weighted by Crippen LogP contribution is -1.87. The number of unbranched alkanes of at least 4 members (excludes halogenated alkanes) is 2. The first-order valence-corrected chi connectivity index (χ1v) is 7.35. The summed E-state index contributed by atoms with van der Waals surface area (Å²) in [6, 6.07) is 13.9. The minimum absolute atomic E-state index is 1.19. The SMILES string of the molecule is CCCCCc1ccc2cc(CCC)ccc2c1. The van der Waals surface area contributed by atoms with Crippen molar-refractivity contribution in [3.05, 3.63) is 47.5 Å². The predicted molar refractivity (Wildman–Crippen MR) is 81.2 cm³/mol. The molecule has 0 amide bonds. The monoisotopic (exact) mass is 240 g/mol. The third kappa shape index (κ3) is 3.35. The summed E-state index contributed by atoms with van der Waals surface area (Å²) in [5.41, 5.74) is 2.95. The van der Waals surface area contributed by atoms with Crippen LogP contribution >= 0.6 is 0 Å². The summed E-state index contributed by atoms with van der Waals surface area (Å²) in [7, 11) is 0. The molecular formula is C18H24. The van der Waals surface area contributed by atoms with Crippen molar-refractivity contribution < 1.29 is 0 Å². The van der Waals surface area contributed by atoms with E-state index in [1.807, 2.05) is 0 Å². The summed E-state index contributed by atoms with van der Waals surface area (Å²) in [5.74, 6) is 0. The van der Waals surface area contributed by atoms with Gasteiger partial charge < -0.3 is 0 Å². The van der Waals surface area contributed by atoms with Gasteiger partial charge in [-0.2, -0.15) is 0 Å². The van der Waals surface area contributed by atoms with Gasteiger partial charge in [0.1, 0.15) is 0 Å². The van der Waals surface area contributed by atoms with Gasteiger partial charge in [-0.05, 0) is 41.2 Å². The third-order valence-corrected chi connectivity index (χ3v) is 3.58. The average molecular weight is 240 g/mol. The van der Waals surface area contributed by atoms with E-state index in [2.05, 4.69) is 50.2 Å². The summed E-state index contributed by atoms with van der Waals surface area (Å²) in [6.07, 6.45) is 7.59. The van der Waals surface area contributed by atoms with Crippen LogP contribution in [0.5, 0.6) is 0 Å². The summed E-state index contributed by atoms with van der Waals surface area (Å²) in [6.45, 7) is 4.50. The molecular weight excluding hydrogens is 216 g/mol. The largest absolute Gasteiger partial charge is 0.0654 e. The molecule has 2 aromatic carbocycles. The first-order chi connectivity index (χ1) is 8.83. The number of hydrogen-bond donors (Lipinski definition) is 0. The highest BCUT2D eigenvalue weighted by atomic mass is 14.0. The van der Waals surface area contributed by atoms with Gasteiger partial charge in [0.25, 0.3) is 0 Å². The molecule has 0 fully saturated rings. The van der Waals surface area contributed by atoms with Crippen LogP contribution in [0.3, 0.4) is 0 Å². The van der Waals surface area contributed by atoms with Gasteiger partial charge in [-0.3, -0.25) is 0 Å². The van der Waals surface area contributed by atoms with Crippen LogP contribution in [-0.4, -0.2) is 0 Å². The summed E-state index contributed by atoms with van der Waals surface area (Å²) < 4.78 is 0. The van der Waals surface area contributed by atoms with Crippen LogP contribution in [0.4, 0.5) is 0 Å². The fourth-order valence-corrected chi connectivity index (χ4v) is 2.52. The predicted octanol–water partition coefficient (Wildman–Crippen LogP) is 5.53. The summed E-state index contributed by atoms with van der Waals surface area (Å²) in [4.78, 5) is 0. The molecule has 18 heavy (non-hydrogen) atoms. The van der Waals surface area contributed by atoms with Gasteiger partial charge in [0, 0.05) is 0 Å². The Bertz CT molecular complexity index is 496. The Balaban J connectivity index is 2.16. The average Bonchev–Trinajstić information content (AvgIpc) is 2.39. The molecule has 0 heterocycles. The first kappa shape index (κ1) is 13.1. The van der Waals surface area contributed by atoms with Crippen LogP contribution < -0.4 is 0 Å². The Kier molecular flexibility index (Phi) is 4.81. The van der Waals surface area contributed by atoms with Crippen molar-refractivity contribution in [1.82, 2.24) is 0 Å². The maximum absolute atomic E-state index is 2.36. The Labute approximate surface area is 111 Å². The lowest BCUT2D eigenvalue weighted by Gasteiger charge is -2.06. The Hall–Kier alpha value is -1.30. The number of rotatable bonds is 6. The molecule has 0 saturated carbocycles. The number of benzene rings is 2. The van der Waals surface area contributed by atoms with E-state index >= 15 is 0 Å². The van der Waals surface area contributed by atoms with Gasteiger partial charge in [-0.15, -0.1) is 0 Å². The van der Waals surface area contributed by atoms with Crippen LogP contribution in [0, 0.1) is 0 Å². The lowest BCUT2D eigenvalue weighted by molar-refractivity contribution is 0.718. The zero-order valence-corrected chi connectivity index (χ0v) is 11.7. The van der Waals surface area contributed by atoms with E-state index in [4.69, 9.17) is 0 Å². The highest BCUT2D eigenvalue weighted by Crippen LogP contribution is 2.20. The molecule has 0 atom stereocenters. The van der Waals surface area contributed by atoms with Gasteiger partial charge in [-0.25, -0.2) is 0 Å². The van der Waals surface area contributed by atoms with Crippen molar-refractivity contribution in [3.63, 3.8) is 0 Å². The van der Waals surface area contributed by atoms with E-state index in [1.165, 1.54) is 60.4 Å². The molecule has 0 bridgehead atoms. The number of hydrogen-bond acceptors (Lipinski definition) is 0. The molecule has 0 aromatic heterocycles. The molecule has 0 aliphatic rings. The lowest BCUT2D eigenvalue weighted by atomic mass is 10.00. The highest BCUT2D eigenvalue weighted by Gasteiger charge is 1.99. The minimum Gasteiger partial charge on any atom is -0.0654 e. The molecule has 0 spiro atoms. The van der Waals surface area contributed by atoms with Crippen LogP contribution in [0.2, 0.25) is 0 Å². The van der Waals surface area contributed by atoms with Crippen molar-refractivity contribution in [2.75, 3.05) is 0 Å². The van der Waals surface area contributed by atoms with Gasteiger partial charge in [0.15, 0.2) is 0 Å². The standard InChI is InChI=1S/C18H24/c1-3-5-6-8-16-10-12-17-13-15(7-4-2)9-11-18(17)14-16/h9-14H,3-8H2,1-2H3. The molecule has 0 heteroatoms. The Morgan fingerprint density at radius 1 is 0.667 bits per heavy atom. The summed E-state index contributed by atoms with van der Waals surface area (Å²) in [5, 5.41) is 2.78. The molecule has 0 radical (unpaired) electrons. The number of aryl methyl sites for hydroxylation is 2.